The monoisotopic (exact) mass is 283 g/mol. The van der Waals surface area contributed by atoms with Gasteiger partial charge in [0.2, 0.25) is 5.91 Å². The van der Waals surface area contributed by atoms with Gasteiger partial charge in [-0.05, 0) is 25.0 Å². The molecule has 0 aromatic heterocycles. The highest BCUT2D eigenvalue weighted by atomic mass is 16.5. The van der Waals surface area contributed by atoms with Crippen LogP contribution >= 0.6 is 0 Å². The molecule has 0 saturated heterocycles. The van der Waals surface area contributed by atoms with E-state index < -0.39 is 0 Å². The summed E-state index contributed by atoms with van der Waals surface area (Å²) in [6, 6.07) is 11.9. The van der Waals surface area contributed by atoms with Crippen molar-refractivity contribution in [1.29, 1.82) is 0 Å². The Labute approximate surface area is 125 Å². The van der Waals surface area contributed by atoms with Crippen LogP contribution in [0.2, 0.25) is 0 Å². The van der Waals surface area contributed by atoms with Crippen LogP contribution in [0.3, 0.4) is 0 Å². The first-order valence-corrected chi connectivity index (χ1v) is 7.66. The van der Waals surface area contributed by atoms with Crippen molar-refractivity contribution < 1.29 is 9.53 Å². The number of hydrogen-bond acceptors (Lipinski definition) is 2. The van der Waals surface area contributed by atoms with E-state index in [1.165, 1.54) is 19.3 Å². The maximum absolute atomic E-state index is 12.4. The van der Waals surface area contributed by atoms with Crippen LogP contribution < -0.4 is 10.1 Å². The molecule has 1 aliphatic carbocycles. The maximum atomic E-state index is 12.4. The summed E-state index contributed by atoms with van der Waals surface area (Å²) >= 11 is 0. The summed E-state index contributed by atoms with van der Waals surface area (Å²) in [6.07, 6.45) is 5.62. The van der Waals surface area contributed by atoms with Crippen LogP contribution in [0.15, 0.2) is 36.4 Å². The molecule has 3 rings (SSSR count). The predicted octanol–water partition coefficient (Wildman–Crippen LogP) is 4.37. The Morgan fingerprint density at radius 2 is 1.76 bits per heavy atom. The number of methoxy groups -OCH3 is 1. The smallest absolute Gasteiger partial charge is 0.227 e. The first-order valence-electron chi connectivity index (χ1n) is 7.66. The normalized spacial score (nSPS) is 15.9. The third-order valence-electron chi connectivity index (χ3n) is 4.34. The van der Waals surface area contributed by atoms with Crippen molar-refractivity contribution in [2.75, 3.05) is 12.4 Å². The Hall–Kier alpha value is -2.03. The second-order valence-corrected chi connectivity index (χ2v) is 5.69. The molecule has 0 radical (unpaired) electrons. The van der Waals surface area contributed by atoms with E-state index in [0.29, 0.717) is 0 Å². The summed E-state index contributed by atoms with van der Waals surface area (Å²) in [6.45, 7) is 0. The van der Waals surface area contributed by atoms with E-state index in [4.69, 9.17) is 4.74 Å². The third kappa shape index (κ3) is 2.87. The summed E-state index contributed by atoms with van der Waals surface area (Å²) in [5.74, 6) is 1.16. The molecule has 21 heavy (non-hydrogen) atoms. The Kier molecular flexibility index (Phi) is 4.09. The molecular formula is C18H21NO2. The van der Waals surface area contributed by atoms with Crippen molar-refractivity contribution in [3.63, 3.8) is 0 Å². The third-order valence-corrected chi connectivity index (χ3v) is 4.34. The van der Waals surface area contributed by atoms with E-state index in [-0.39, 0.29) is 11.8 Å². The van der Waals surface area contributed by atoms with Gasteiger partial charge < -0.3 is 10.1 Å². The summed E-state index contributed by atoms with van der Waals surface area (Å²) in [7, 11) is 1.67. The molecule has 0 aliphatic heterocycles. The molecule has 0 unspecified atom stereocenters. The molecule has 110 valence electrons. The Balaban J connectivity index is 1.88. The number of amides is 1. The summed E-state index contributed by atoms with van der Waals surface area (Å²) in [5.41, 5.74) is 0.877. The summed E-state index contributed by atoms with van der Waals surface area (Å²) in [5, 5.41) is 5.17. The number of rotatable bonds is 3. The minimum Gasteiger partial charge on any atom is -0.496 e. The average Bonchev–Trinajstić information content (AvgIpc) is 2.56. The molecule has 0 heterocycles. The molecule has 1 fully saturated rings. The number of fused-ring (bicyclic) bond motifs is 1. The molecule has 1 aliphatic rings. The molecule has 0 bridgehead atoms. The van der Waals surface area contributed by atoms with Crippen molar-refractivity contribution in [2.24, 2.45) is 5.92 Å². The van der Waals surface area contributed by atoms with Crippen molar-refractivity contribution >= 4 is 22.4 Å². The lowest BCUT2D eigenvalue weighted by molar-refractivity contribution is -0.120. The SMILES string of the molecule is COc1ccc(NC(=O)C2CCCCC2)c2ccccc12. The van der Waals surface area contributed by atoms with Crippen molar-refractivity contribution in [3.8, 4) is 5.75 Å². The van der Waals surface area contributed by atoms with Crippen molar-refractivity contribution in [2.45, 2.75) is 32.1 Å². The van der Waals surface area contributed by atoms with Crippen LogP contribution in [-0.2, 0) is 4.79 Å². The molecule has 2 aromatic rings. The van der Waals surface area contributed by atoms with Crippen molar-refractivity contribution in [1.82, 2.24) is 0 Å². The molecule has 3 nitrogen and oxygen atoms in total. The van der Waals surface area contributed by atoms with Crippen LogP contribution in [0.4, 0.5) is 5.69 Å². The first-order chi connectivity index (χ1) is 10.3. The molecule has 3 heteroatoms. The number of carbonyl (C=O) groups excluding carboxylic acids is 1. The Morgan fingerprint density at radius 3 is 2.48 bits per heavy atom. The Bertz CT molecular complexity index is 645. The number of hydrogen-bond donors (Lipinski definition) is 1. The van der Waals surface area contributed by atoms with Gasteiger partial charge in [0, 0.05) is 22.4 Å². The van der Waals surface area contributed by atoms with E-state index in [1.54, 1.807) is 7.11 Å². The lowest BCUT2D eigenvalue weighted by Crippen LogP contribution is -2.24. The lowest BCUT2D eigenvalue weighted by Gasteiger charge is -2.21. The van der Waals surface area contributed by atoms with Crippen LogP contribution in [-0.4, -0.2) is 13.0 Å². The van der Waals surface area contributed by atoms with Crippen LogP contribution in [0.5, 0.6) is 5.75 Å². The molecular weight excluding hydrogens is 262 g/mol. The molecule has 1 N–H and O–H groups in total. The van der Waals surface area contributed by atoms with E-state index >= 15 is 0 Å². The summed E-state index contributed by atoms with van der Waals surface area (Å²) in [4.78, 5) is 12.4. The second-order valence-electron chi connectivity index (χ2n) is 5.69. The summed E-state index contributed by atoms with van der Waals surface area (Å²) < 4.78 is 5.39. The quantitative estimate of drug-likeness (QED) is 0.908. The van der Waals surface area contributed by atoms with Crippen LogP contribution in [0.25, 0.3) is 10.8 Å². The zero-order valence-electron chi connectivity index (χ0n) is 12.4. The highest BCUT2D eigenvalue weighted by Gasteiger charge is 2.21. The fourth-order valence-electron chi connectivity index (χ4n) is 3.16. The highest BCUT2D eigenvalue weighted by molar-refractivity contribution is 6.04. The Morgan fingerprint density at radius 1 is 1.05 bits per heavy atom. The van der Waals surface area contributed by atoms with Crippen molar-refractivity contribution in [3.05, 3.63) is 36.4 Å². The fraction of sp³-hybridized carbons (Fsp3) is 0.389. The second kappa shape index (κ2) is 6.17. The van der Waals surface area contributed by atoms with Gasteiger partial charge >= 0.3 is 0 Å². The lowest BCUT2D eigenvalue weighted by atomic mass is 9.88. The van der Waals surface area contributed by atoms with Gasteiger partial charge in [0.25, 0.3) is 0 Å². The van der Waals surface area contributed by atoms with Gasteiger partial charge in [0.05, 0.1) is 7.11 Å². The molecule has 0 spiro atoms. The molecule has 2 aromatic carbocycles. The van der Waals surface area contributed by atoms with Gasteiger partial charge in [0.1, 0.15) is 5.75 Å². The zero-order chi connectivity index (χ0) is 14.7. The van der Waals surface area contributed by atoms with Gasteiger partial charge in [0.15, 0.2) is 0 Å². The number of carbonyl (C=O) groups is 1. The number of nitrogens with one attached hydrogen (secondary N) is 1. The van der Waals surface area contributed by atoms with Gasteiger partial charge in [-0.3, -0.25) is 4.79 Å². The topological polar surface area (TPSA) is 38.3 Å². The van der Waals surface area contributed by atoms with E-state index in [2.05, 4.69) is 5.32 Å². The fourth-order valence-corrected chi connectivity index (χ4v) is 3.16. The van der Waals surface area contributed by atoms with Gasteiger partial charge in [-0.2, -0.15) is 0 Å². The maximum Gasteiger partial charge on any atom is 0.227 e. The number of ether oxygens (including phenoxy) is 1. The first kappa shape index (κ1) is 13.9. The minimum absolute atomic E-state index is 0.157. The molecule has 0 atom stereocenters. The van der Waals surface area contributed by atoms with Gasteiger partial charge in [-0.25, -0.2) is 0 Å². The standard InChI is InChI=1S/C18H21NO2/c1-21-17-12-11-16(14-9-5-6-10-15(14)17)19-18(20)13-7-3-2-4-8-13/h5-6,9-13H,2-4,7-8H2,1H3,(H,19,20). The molecule has 1 amide bonds. The number of anilines is 1. The predicted molar refractivity (Wildman–Crippen MR) is 85.7 cm³/mol. The van der Waals surface area contributed by atoms with Gasteiger partial charge in [-0.15, -0.1) is 0 Å². The van der Waals surface area contributed by atoms with E-state index in [9.17, 15) is 4.79 Å². The minimum atomic E-state index is 0.157. The van der Waals surface area contributed by atoms with Gasteiger partial charge in [-0.1, -0.05) is 43.5 Å². The van der Waals surface area contributed by atoms with Crippen LogP contribution in [0, 0.1) is 5.92 Å². The zero-order valence-corrected chi connectivity index (χ0v) is 12.4. The average molecular weight is 283 g/mol. The van der Waals surface area contributed by atoms with Crippen LogP contribution in [0.1, 0.15) is 32.1 Å². The number of benzene rings is 2. The van der Waals surface area contributed by atoms with E-state index in [0.717, 1.165) is 35.1 Å². The highest BCUT2D eigenvalue weighted by Crippen LogP contribution is 2.32. The largest absolute Gasteiger partial charge is 0.496 e. The molecule has 1 saturated carbocycles. The van der Waals surface area contributed by atoms with E-state index in [1.807, 2.05) is 36.4 Å².